The molecule has 0 amide bonds. The number of esters is 1. The number of carbonyl (C=O) groups excluding carboxylic acids is 3. The van der Waals surface area contributed by atoms with Crippen LogP contribution in [-0.4, -0.2) is 52.0 Å². The first-order valence-corrected chi connectivity index (χ1v) is 11.2. The van der Waals surface area contributed by atoms with Gasteiger partial charge in [-0.05, 0) is 49.5 Å². The van der Waals surface area contributed by atoms with Gasteiger partial charge in [0, 0.05) is 24.4 Å². The summed E-state index contributed by atoms with van der Waals surface area (Å²) < 4.78 is 6.61. The second-order valence-corrected chi connectivity index (χ2v) is 8.27. The summed E-state index contributed by atoms with van der Waals surface area (Å²) in [6.45, 7) is 4.86. The van der Waals surface area contributed by atoms with Crippen LogP contribution >= 0.6 is 11.6 Å². The monoisotopic (exact) mass is 461 g/mol. The van der Waals surface area contributed by atoms with Crippen LogP contribution in [0, 0.1) is 0 Å². The Morgan fingerprint density at radius 3 is 2.09 bits per heavy atom. The lowest BCUT2D eigenvalue weighted by atomic mass is 9.89. The van der Waals surface area contributed by atoms with Gasteiger partial charge in [0.1, 0.15) is 0 Å². The zero-order valence-corrected chi connectivity index (χ0v) is 19.4. The molecule has 1 aromatic carbocycles. The van der Waals surface area contributed by atoms with E-state index in [9.17, 15) is 19.2 Å². The first kappa shape index (κ1) is 23.9. The van der Waals surface area contributed by atoms with Gasteiger partial charge in [-0.2, -0.15) is 0 Å². The number of imidazole rings is 1. The summed E-state index contributed by atoms with van der Waals surface area (Å²) in [5, 5.41) is 0.700. The molecule has 1 fully saturated rings. The van der Waals surface area contributed by atoms with Gasteiger partial charge in [-0.3, -0.25) is 14.5 Å². The normalized spacial score (nSPS) is 15.0. The van der Waals surface area contributed by atoms with Gasteiger partial charge >= 0.3 is 11.7 Å². The van der Waals surface area contributed by atoms with Gasteiger partial charge in [-0.1, -0.05) is 37.6 Å². The summed E-state index contributed by atoms with van der Waals surface area (Å²) in [5.41, 5.74) is 0.462. The molecule has 2 heterocycles. The lowest BCUT2D eigenvalue weighted by Crippen LogP contribution is -2.35. The van der Waals surface area contributed by atoms with Crippen LogP contribution < -0.4 is 5.69 Å². The smallest absolute Gasteiger partial charge is 0.357 e. The fraction of sp³-hybridized carbons (Fsp3) is 0.478. The van der Waals surface area contributed by atoms with E-state index in [-0.39, 0.29) is 30.8 Å². The molecule has 0 unspecified atom stereocenters. The quantitative estimate of drug-likeness (QED) is 0.611. The molecule has 9 heteroatoms. The van der Waals surface area contributed by atoms with Crippen molar-refractivity contribution in [1.82, 2.24) is 14.0 Å². The Balaban J connectivity index is 1.92. The standard InChI is InChI=1S/C23H28ClN3O5/c1-4-19(28)26-18(21(22(30)32-3)27(23(26)31)20(29)5-2)14-25-12-10-16(11-13-25)15-6-8-17(24)9-7-15/h6-9,16H,4-5,10-14H2,1-3H3. The molecule has 172 valence electrons. The Bertz CT molecular complexity index is 1060. The fourth-order valence-corrected chi connectivity index (χ4v) is 4.30. The molecule has 0 radical (unpaired) electrons. The van der Waals surface area contributed by atoms with Crippen molar-refractivity contribution in [1.29, 1.82) is 0 Å². The van der Waals surface area contributed by atoms with Crippen LogP contribution in [0.4, 0.5) is 0 Å². The first-order valence-electron chi connectivity index (χ1n) is 10.8. The lowest BCUT2D eigenvalue weighted by molar-refractivity contribution is 0.0577. The third-order valence-corrected chi connectivity index (χ3v) is 6.19. The van der Waals surface area contributed by atoms with E-state index in [1.807, 2.05) is 24.3 Å². The first-order chi connectivity index (χ1) is 15.3. The van der Waals surface area contributed by atoms with Crippen molar-refractivity contribution in [2.24, 2.45) is 0 Å². The number of likely N-dealkylation sites (tertiary alicyclic amines) is 1. The number of rotatable bonds is 6. The van der Waals surface area contributed by atoms with E-state index in [0.717, 1.165) is 35.1 Å². The third kappa shape index (κ3) is 4.71. The second kappa shape index (κ2) is 10.3. The van der Waals surface area contributed by atoms with Crippen LogP contribution in [0.25, 0.3) is 0 Å². The van der Waals surface area contributed by atoms with E-state index < -0.39 is 23.5 Å². The molecular formula is C23H28ClN3O5. The number of carbonyl (C=O) groups is 3. The number of hydrogen-bond donors (Lipinski definition) is 0. The number of ether oxygens (including phenoxy) is 1. The summed E-state index contributed by atoms with van der Waals surface area (Å²) in [5.74, 6) is -1.44. The minimum atomic E-state index is -0.810. The maximum absolute atomic E-state index is 13.0. The lowest BCUT2D eigenvalue weighted by Gasteiger charge is -2.32. The van der Waals surface area contributed by atoms with Crippen LogP contribution in [0.5, 0.6) is 0 Å². The highest BCUT2D eigenvalue weighted by Gasteiger charge is 2.32. The average molecular weight is 462 g/mol. The van der Waals surface area contributed by atoms with Crippen molar-refractivity contribution in [2.75, 3.05) is 20.2 Å². The van der Waals surface area contributed by atoms with Crippen LogP contribution in [0.2, 0.25) is 5.02 Å². The molecule has 0 atom stereocenters. The van der Waals surface area contributed by atoms with E-state index in [0.29, 0.717) is 10.9 Å². The van der Waals surface area contributed by atoms with Crippen LogP contribution in [0.1, 0.15) is 76.8 Å². The minimum Gasteiger partial charge on any atom is -0.464 e. The molecule has 1 saturated heterocycles. The maximum Gasteiger partial charge on any atom is 0.357 e. The summed E-state index contributed by atoms with van der Waals surface area (Å²) in [6, 6.07) is 7.83. The van der Waals surface area contributed by atoms with Crippen molar-refractivity contribution in [3.05, 3.63) is 56.7 Å². The molecule has 1 aliphatic rings. The van der Waals surface area contributed by atoms with E-state index in [2.05, 4.69) is 4.90 Å². The van der Waals surface area contributed by atoms with Gasteiger partial charge in [-0.15, -0.1) is 0 Å². The van der Waals surface area contributed by atoms with E-state index in [4.69, 9.17) is 16.3 Å². The highest BCUT2D eigenvalue weighted by atomic mass is 35.5. The van der Waals surface area contributed by atoms with E-state index >= 15 is 0 Å². The number of benzene rings is 1. The van der Waals surface area contributed by atoms with Crippen molar-refractivity contribution >= 4 is 29.4 Å². The van der Waals surface area contributed by atoms with Gasteiger partial charge in [-0.25, -0.2) is 18.7 Å². The zero-order valence-electron chi connectivity index (χ0n) is 18.6. The molecule has 32 heavy (non-hydrogen) atoms. The van der Waals surface area contributed by atoms with Crippen LogP contribution in [0.3, 0.4) is 0 Å². The van der Waals surface area contributed by atoms with E-state index in [1.165, 1.54) is 12.7 Å². The number of halogens is 1. The molecule has 0 aliphatic carbocycles. The molecule has 1 aromatic heterocycles. The van der Waals surface area contributed by atoms with Gasteiger partial charge < -0.3 is 4.74 Å². The number of nitrogens with zero attached hydrogens (tertiary/aromatic N) is 3. The molecule has 0 bridgehead atoms. The summed E-state index contributed by atoms with van der Waals surface area (Å²) >= 11 is 5.99. The summed E-state index contributed by atoms with van der Waals surface area (Å²) in [7, 11) is 1.19. The number of hydrogen-bond acceptors (Lipinski definition) is 6. The molecule has 0 spiro atoms. The zero-order chi connectivity index (χ0) is 23.4. The third-order valence-electron chi connectivity index (χ3n) is 5.93. The van der Waals surface area contributed by atoms with Crippen LogP contribution in [0.15, 0.2) is 29.1 Å². The Morgan fingerprint density at radius 1 is 1.00 bits per heavy atom. The molecule has 2 aromatic rings. The molecule has 0 N–H and O–H groups in total. The highest BCUT2D eigenvalue weighted by Crippen LogP contribution is 2.30. The molecular weight excluding hydrogens is 434 g/mol. The number of aromatic nitrogens is 2. The predicted octanol–water partition coefficient (Wildman–Crippen LogP) is 3.57. The van der Waals surface area contributed by atoms with Gasteiger partial charge in [0.2, 0.25) is 11.8 Å². The maximum atomic E-state index is 13.0. The number of piperidine rings is 1. The Labute approximate surface area is 191 Å². The highest BCUT2D eigenvalue weighted by molar-refractivity contribution is 6.30. The Hall–Kier alpha value is -2.71. The van der Waals surface area contributed by atoms with Gasteiger partial charge in [0.25, 0.3) is 0 Å². The van der Waals surface area contributed by atoms with Crippen molar-refractivity contribution in [3.63, 3.8) is 0 Å². The van der Waals surface area contributed by atoms with Crippen molar-refractivity contribution in [3.8, 4) is 0 Å². The second-order valence-electron chi connectivity index (χ2n) is 7.84. The summed E-state index contributed by atoms with van der Waals surface area (Å²) in [4.78, 5) is 52.7. The minimum absolute atomic E-state index is 0.0140. The fourth-order valence-electron chi connectivity index (χ4n) is 4.17. The van der Waals surface area contributed by atoms with E-state index in [1.54, 1.807) is 13.8 Å². The molecule has 3 rings (SSSR count). The van der Waals surface area contributed by atoms with Gasteiger partial charge in [0.05, 0.1) is 12.8 Å². The van der Waals surface area contributed by atoms with Crippen LogP contribution in [-0.2, 0) is 11.3 Å². The molecule has 0 saturated carbocycles. The molecule has 1 aliphatic heterocycles. The van der Waals surface area contributed by atoms with Crippen molar-refractivity contribution in [2.45, 2.75) is 52.0 Å². The van der Waals surface area contributed by atoms with Gasteiger partial charge in [0.15, 0.2) is 5.69 Å². The Morgan fingerprint density at radius 2 is 1.56 bits per heavy atom. The molecule has 8 nitrogen and oxygen atoms in total. The summed E-state index contributed by atoms with van der Waals surface area (Å²) in [6.07, 6.45) is 1.85. The van der Waals surface area contributed by atoms with Crippen molar-refractivity contribution < 1.29 is 19.1 Å². The Kier molecular flexibility index (Phi) is 7.69. The average Bonchev–Trinajstić information content (AvgIpc) is 3.10. The largest absolute Gasteiger partial charge is 0.464 e. The predicted molar refractivity (Wildman–Crippen MR) is 121 cm³/mol. The number of methoxy groups -OCH3 is 1. The topological polar surface area (TPSA) is 90.6 Å². The SMILES string of the molecule is CCC(=O)n1c(CN2CCC(c3ccc(Cl)cc3)CC2)c(C(=O)OC)n(C(=O)CC)c1=O.